The molecular formula is C61H126P+. The molecule has 1 heteroatoms. The summed E-state index contributed by atoms with van der Waals surface area (Å²) in [5, 5.41) is 0. The fourth-order valence-electron chi connectivity index (χ4n) is 10.7. The predicted octanol–water partition coefficient (Wildman–Crippen LogP) is 23.8. The Balaban J connectivity index is 4.63. The van der Waals surface area contributed by atoms with E-state index >= 15 is 0 Å². The maximum atomic E-state index is 2.39. The zero-order valence-corrected chi connectivity index (χ0v) is 45.6. The highest BCUT2D eigenvalue weighted by molar-refractivity contribution is 7.75. The van der Waals surface area contributed by atoms with Gasteiger partial charge in [-0.3, -0.25) is 0 Å². The molecule has 0 heterocycles. The lowest BCUT2D eigenvalue weighted by molar-refractivity contribution is 0.530. The standard InChI is InChI=1S/C61H126P/c1-5-9-13-17-20-23-26-29-32-35-38-41-44-47-51-55-59-62(58-54-50-16-12-8-4,60-56-52-48-45-42-39-36-33-30-27-24-21-18-14-10-6-2)61-57-53-49-46-43-40-37-34-31-28-25-22-19-15-11-7-3/h5-61H2,1-4H3/q+1. The SMILES string of the molecule is CCCCCCCCCCCCCCCCCC[P+](CCCCCCC)(CCCCCCCCCCCCCCCCCC)CCCCCCCCCCCCCCCCCC. The molecule has 0 rings (SSSR count). The second-order valence-electron chi connectivity index (χ2n) is 21.6. The van der Waals surface area contributed by atoms with Gasteiger partial charge in [0, 0.05) is 7.26 Å². The van der Waals surface area contributed by atoms with Gasteiger partial charge in [0.1, 0.15) is 0 Å². The molecule has 0 aliphatic carbocycles. The van der Waals surface area contributed by atoms with Crippen molar-refractivity contribution in [2.45, 2.75) is 368 Å². The minimum absolute atomic E-state index is 0.809. The zero-order chi connectivity index (χ0) is 44.8. The second kappa shape index (κ2) is 55.8. The van der Waals surface area contributed by atoms with Gasteiger partial charge in [-0.05, 0) is 51.4 Å². The van der Waals surface area contributed by atoms with E-state index in [-0.39, 0.29) is 0 Å². The van der Waals surface area contributed by atoms with Crippen LogP contribution >= 0.6 is 7.26 Å². The van der Waals surface area contributed by atoms with Gasteiger partial charge in [0.15, 0.2) is 0 Å². The summed E-state index contributed by atoms with van der Waals surface area (Å²) in [5.74, 6) is 0. The van der Waals surface area contributed by atoms with E-state index in [0.717, 1.165) is 0 Å². The summed E-state index contributed by atoms with van der Waals surface area (Å²) in [6, 6.07) is 0. The third-order valence-corrected chi connectivity index (χ3v) is 20.3. The van der Waals surface area contributed by atoms with Crippen LogP contribution in [0.3, 0.4) is 0 Å². The number of hydrogen-bond acceptors (Lipinski definition) is 0. The van der Waals surface area contributed by atoms with Gasteiger partial charge >= 0.3 is 0 Å². The fraction of sp³-hybridized carbons (Fsp3) is 1.00. The van der Waals surface area contributed by atoms with Gasteiger partial charge in [0.05, 0.1) is 24.6 Å². The molecule has 0 amide bonds. The summed E-state index contributed by atoms with van der Waals surface area (Å²) < 4.78 is 0. The molecule has 62 heavy (non-hydrogen) atoms. The van der Waals surface area contributed by atoms with Crippen LogP contribution in [-0.4, -0.2) is 24.6 Å². The van der Waals surface area contributed by atoms with E-state index in [1.54, 1.807) is 50.3 Å². The van der Waals surface area contributed by atoms with E-state index < -0.39 is 7.26 Å². The molecule has 0 aliphatic rings. The molecule has 0 saturated heterocycles. The first-order valence-electron chi connectivity index (χ1n) is 30.6. The van der Waals surface area contributed by atoms with Crippen LogP contribution in [0.5, 0.6) is 0 Å². The lowest BCUT2D eigenvalue weighted by atomic mass is 10.0. The average Bonchev–Trinajstić information content (AvgIpc) is 3.28. The van der Waals surface area contributed by atoms with E-state index in [1.807, 2.05) is 0 Å². The summed E-state index contributed by atoms with van der Waals surface area (Å²) in [4.78, 5) is 0. The molecule has 0 fully saturated rings. The van der Waals surface area contributed by atoms with E-state index in [0.29, 0.717) is 0 Å². The van der Waals surface area contributed by atoms with Crippen LogP contribution < -0.4 is 0 Å². The van der Waals surface area contributed by atoms with Crippen LogP contribution in [0.4, 0.5) is 0 Å². The number of hydrogen-bond donors (Lipinski definition) is 0. The minimum atomic E-state index is -0.809. The lowest BCUT2D eigenvalue weighted by Gasteiger charge is -2.28. The third-order valence-electron chi connectivity index (χ3n) is 15.2. The first-order valence-corrected chi connectivity index (χ1v) is 33.1. The first-order chi connectivity index (χ1) is 30.7. The van der Waals surface area contributed by atoms with Crippen molar-refractivity contribution >= 4 is 7.26 Å². The van der Waals surface area contributed by atoms with Gasteiger partial charge in [-0.15, -0.1) is 0 Å². The van der Waals surface area contributed by atoms with Gasteiger partial charge in [0.25, 0.3) is 0 Å². The zero-order valence-electron chi connectivity index (χ0n) is 44.8. The van der Waals surface area contributed by atoms with Crippen LogP contribution in [0.15, 0.2) is 0 Å². The van der Waals surface area contributed by atoms with E-state index in [1.165, 1.54) is 315 Å². The Bertz CT molecular complexity index is 670. The number of rotatable bonds is 57. The Morgan fingerprint density at radius 3 is 0.339 bits per heavy atom. The van der Waals surface area contributed by atoms with Crippen LogP contribution in [0, 0.1) is 0 Å². The first kappa shape index (κ1) is 62.4. The van der Waals surface area contributed by atoms with Gasteiger partial charge in [-0.2, -0.15) is 0 Å². The normalized spacial score (nSPS) is 12.0. The molecular weight excluding hydrogens is 764 g/mol. The van der Waals surface area contributed by atoms with Gasteiger partial charge < -0.3 is 0 Å². The van der Waals surface area contributed by atoms with Gasteiger partial charge in [-0.25, -0.2) is 0 Å². The second-order valence-corrected chi connectivity index (χ2v) is 26.0. The maximum Gasteiger partial charge on any atom is 0.0594 e. The molecule has 0 N–H and O–H groups in total. The van der Waals surface area contributed by atoms with Crippen molar-refractivity contribution in [2.24, 2.45) is 0 Å². The summed E-state index contributed by atoms with van der Waals surface area (Å²) in [6.45, 7) is 9.38. The van der Waals surface area contributed by atoms with Crippen LogP contribution in [0.25, 0.3) is 0 Å². The molecule has 0 spiro atoms. The Hall–Kier alpha value is 0.430. The number of unbranched alkanes of at least 4 members (excludes halogenated alkanes) is 49. The molecule has 0 aromatic carbocycles. The Labute approximate surface area is 398 Å². The molecule has 0 nitrogen and oxygen atoms in total. The molecule has 0 bridgehead atoms. The fourth-order valence-corrected chi connectivity index (χ4v) is 15.6. The Kier molecular flexibility index (Phi) is 56.1. The third kappa shape index (κ3) is 49.9. The monoisotopic (exact) mass is 890 g/mol. The molecule has 0 aliphatic heterocycles. The molecule has 0 radical (unpaired) electrons. The highest BCUT2D eigenvalue weighted by Gasteiger charge is 2.35. The quantitative estimate of drug-likeness (QED) is 0.0422. The van der Waals surface area contributed by atoms with E-state index in [9.17, 15) is 0 Å². The molecule has 0 unspecified atom stereocenters. The smallest absolute Gasteiger partial charge is 0.0594 e. The van der Waals surface area contributed by atoms with Crippen LogP contribution in [-0.2, 0) is 0 Å². The summed E-state index contributed by atoms with van der Waals surface area (Å²) in [6.07, 6.45) is 85.7. The largest absolute Gasteiger partial charge is 0.0654 e. The highest BCUT2D eigenvalue weighted by Crippen LogP contribution is 2.61. The predicted molar refractivity (Wildman–Crippen MR) is 294 cm³/mol. The van der Waals surface area contributed by atoms with Gasteiger partial charge in [0.2, 0.25) is 0 Å². The lowest BCUT2D eigenvalue weighted by Crippen LogP contribution is -2.13. The van der Waals surface area contributed by atoms with Crippen molar-refractivity contribution in [3.8, 4) is 0 Å². The van der Waals surface area contributed by atoms with Crippen molar-refractivity contribution in [1.82, 2.24) is 0 Å². The Morgan fingerprint density at radius 1 is 0.129 bits per heavy atom. The van der Waals surface area contributed by atoms with Crippen molar-refractivity contribution in [2.75, 3.05) is 24.6 Å². The van der Waals surface area contributed by atoms with Crippen molar-refractivity contribution in [3.63, 3.8) is 0 Å². The Morgan fingerprint density at radius 2 is 0.226 bits per heavy atom. The summed E-state index contributed by atoms with van der Waals surface area (Å²) in [7, 11) is -0.809. The average molecular weight is 891 g/mol. The van der Waals surface area contributed by atoms with Crippen molar-refractivity contribution < 1.29 is 0 Å². The van der Waals surface area contributed by atoms with Crippen LogP contribution in [0.2, 0.25) is 0 Å². The minimum Gasteiger partial charge on any atom is -0.0654 e. The van der Waals surface area contributed by atoms with E-state index in [2.05, 4.69) is 27.7 Å². The molecule has 0 atom stereocenters. The topological polar surface area (TPSA) is 0 Å². The van der Waals surface area contributed by atoms with E-state index in [4.69, 9.17) is 0 Å². The molecule has 0 aromatic heterocycles. The molecule has 0 aromatic rings. The maximum absolute atomic E-state index is 2.39. The van der Waals surface area contributed by atoms with Crippen LogP contribution in [0.1, 0.15) is 368 Å². The van der Waals surface area contributed by atoms with Gasteiger partial charge in [-0.1, -0.05) is 317 Å². The highest BCUT2D eigenvalue weighted by atomic mass is 31.2. The van der Waals surface area contributed by atoms with Crippen molar-refractivity contribution in [3.05, 3.63) is 0 Å². The van der Waals surface area contributed by atoms with Crippen molar-refractivity contribution in [1.29, 1.82) is 0 Å². The summed E-state index contributed by atoms with van der Waals surface area (Å²) in [5.41, 5.74) is 0. The molecule has 374 valence electrons. The summed E-state index contributed by atoms with van der Waals surface area (Å²) >= 11 is 0. The molecule has 0 saturated carbocycles.